The summed E-state index contributed by atoms with van der Waals surface area (Å²) in [6.07, 6.45) is 4.25. The van der Waals surface area contributed by atoms with Gasteiger partial charge in [0.1, 0.15) is 0 Å². The molecule has 0 aliphatic carbocycles. The summed E-state index contributed by atoms with van der Waals surface area (Å²) in [5, 5.41) is 0.282. The van der Waals surface area contributed by atoms with E-state index < -0.39 is 0 Å². The summed E-state index contributed by atoms with van der Waals surface area (Å²) in [7, 11) is 0. The molecular weight excluding hydrogens is 286 g/mol. The molecule has 0 aromatic carbocycles. The van der Waals surface area contributed by atoms with E-state index in [2.05, 4.69) is 52.4 Å². The largest absolute Gasteiger partial charge is 0.341 e. The third-order valence-corrected chi connectivity index (χ3v) is 3.29. The number of hydrogen-bond donors (Lipinski definition) is 0. The van der Waals surface area contributed by atoms with Crippen LogP contribution in [0, 0.1) is 0 Å². The Hall–Kier alpha value is -1.10. The zero-order valence-corrected chi connectivity index (χ0v) is 14.5. The lowest BCUT2D eigenvalue weighted by Gasteiger charge is -2.25. The molecule has 1 aromatic heterocycles. The van der Waals surface area contributed by atoms with Gasteiger partial charge in [0, 0.05) is 26.2 Å². The van der Waals surface area contributed by atoms with Crippen molar-refractivity contribution in [1.82, 2.24) is 15.0 Å². The van der Waals surface area contributed by atoms with Gasteiger partial charge in [0.25, 0.3) is 0 Å². The molecule has 5 nitrogen and oxygen atoms in total. The Balaban J connectivity index is 3.05. The van der Waals surface area contributed by atoms with E-state index in [9.17, 15) is 0 Å². The second-order valence-electron chi connectivity index (χ2n) is 5.18. The highest BCUT2D eigenvalue weighted by Gasteiger charge is 2.15. The van der Waals surface area contributed by atoms with Gasteiger partial charge in [0.05, 0.1) is 0 Å². The number of aromatic nitrogens is 3. The summed E-state index contributed by atoms with van der Waals surface area (Å²) in [5.41, 5.74) is 0. The van der Waals surface area contributed by atoms with Gasteiger partial charge in [-0.1, -0.05) is 27.7 Å². The van der Waals surface area contributed by atoms with Crippen LogP contribution in [0.5, 0.6) is 0 Å². The van der Waals surface area contributed by atoms with Gasteiger partial charge in [-0.25, -0.2) is 0 Å². The monoisotopic (exact) mass is 313 g/mol. The zero-order chi connectivity index (χ0) is 15.7. The molecule has 21 heavy (non-hydrogen) atoms. The molecule has 0 radical (unpaired) electrons. The summed E-state index contributed by atoms with van der Waals surface area (Å²) in [6, 6.07) is 0. The SMILES string of the molecule is CCCN(CCC)c1nc(Cl)nc(N(CCC)CCC)n1. The molecule has 0 amide bonds. The van der Waals surface area contributed by atoms with Gasteiger partial charge in [-0.05, 0) is 37.3 Å². The molecule has 0 saturated heterocycles. The van der Waals surface area contributed by atoms with Crippen LogP contribution in [-0.4, -0.2) is 41.1 Å². The van der Waals surface area contributed by atoms with E-state index in [-0.39, 0.29) is 5.28 Å². The molecule has 1 aromatic rings. The Bertz CT molecular complexity index is 367. The first-order valence-electron chi connectivity index (χ1n) is 8.07. The highest BCUT2D eigenvalue weighted by Crippen LogP contribution is 2.18. The van der Waals surface area contributed by atoms with Crippen molar-refractivity contribution in [2.24, 2.45) is 0 Å². The molecular formula is C15H28ClN5. The van der Waals surface area contributed by atoms with Crippen molar-refractivity contribution < 1.29 is 0 Å². The van der Waals surface area contributed by atoms with Crippen LogP contribution in [0.2, 0.25) is 5.28 Å². The van der Waals surface area contributed by atoms with Crippen molar-refractivity contribution in [2.75, 3.05) is 36.0 Å². The average Bonchev–Trinajstić information content (AvgIpc) is 2.46. The van der Waals surface area contributed by atoms with Crippen LogP contribution in [0.3, 0.4) is 0 Å². The Morgan fingerprint density at radius 2 is 1.00 bits per heavy atom. The lowest BCUT2D eigenvalue weighted by Crippen LogP contribution is -2.30. The van der Waals surface area contributed by atoms with Crippen LogP contribution in [0.4, 0.5) is 11.9 Å². The third-order valence-electron chi connectivity index (χ3n) is 3.12. The normalized spacial score (nSPS) is 10.7. The highest BCUT2D eigenvalue weighted by molar-refractivity contribution is 6.28. The second-order valence-corrected chi connectivity index (χ2v) is 5.52. The van der Waals surface area contributed by atoms with Crippen molar-refractivity contribution in [3.05, 3.63) is 5.28 Å². The number of rotatable bonds is 10. The topological polar surface area (TPSA) is 45.2 Å². The van der Waals surface area contributed by atoms with E-state index in [1.165, 1.54) is 0 Å². The highest BCUT2D eigenvalue weighted by atomic mass is 35.5. The van der Waals surface area contributed by atoms with Crippen molar-refractivity contribution in [2.45, 2.75) is 53.4 Å². The molecule has 0 aliphatic rings. The van der Waals surface area contributed by atoms with Crippen LogP contribution in [0.1, 0.15) is 53.4 Å². The summed E-state index contributed by atoms with van der Waals surface area (Å²) in [5.74, 6) is 1.40. The Morgan fingerprint density at radius 1 is 0.667 bits per heavy atom. The maximum absolute atomic E-state index is 6.12. The lowest BCUT2D eigenvalue weighted by molar-refractivity contribution is 0.694. The molecule has 6 heteroatoms. The minimum absolute atomic E-state index is 0.282. The van der Waals surface area contributed by atoms with E-state index in [0.29, 0.717) is 11.9 Å². The number of anilines is 2. The first kappa shape index (κ1) is 18.0. The van der Waals surface area contributed by atoms with Crippen molar-refractivity contribution in [1.29, 1.82) is 0 Å². The zero-order valence-electron chi connectivity index (χ0n) is 13.8. The molecule has 1 rings (SSSR count). The van der Waals surface area contributed by atoms with E-state index in [4.69, 9.17) is 11.6 Å². The molecule has 0 fully saturated rings. The standard InChI is InChI=1S/C15H28ClN5/c1-5-9-20(10-6-2)14-17-13(16)18-15(19-14)21(11-7-3)12-8-4/h5-12H2,1-4H3. The fourth-order valence-electron chi connectivity index (χ4n) is 2.32. The third kappa shape index (κ3) is 5.65. The maximum Gasteiger partial charge on any atom is 0.231 e. The van der Waals surface area contributed by atoms with Crippen LogP contribution in [-0.2, 0) is 0 Å². The van der Waals surface area contributed by atoms with Gasteiger partial charge in [0.15, 0.2) is 0 Å². The summed E-state index contributed by atoms with van der Waals surface area (Å²) >= 11 is 6.12. The average molecular weight is 314 g/mol. The molecule has 0 aliphatic heterocycles. The summed E-state index contributed by atoms with van der Waals surface area (Å²) in [6.45, 7) is 12.4. The minimum atomic E-state index is 0.282. The van der Waals surface area contributed by atoms with Crippen molar-refractivity contribution in [3.8, 4) is 0 Å². The summed E-state index contributed by atoms with van der Waals surface area (Å²) in [4.78, 5) is 17.7. The molecule has 0 N–H and O–H groups in total. The van der Waals surface area contributed by atoms with Crippen molar-refractivity contribution >= 4 is 23.5 Å². The molecule has 120 valence electrons. The molecule has 0 saturated carbocycles. The van der Waals surface area contributed by atoms with E-state index in [1.54, 1.807) is 0 Å². The predicted molar refractivity (Wildman–Crippen MR) is 90.4 cm³/mol. The Labute approximate surface area is 133 Å². The first-order chi connectivity index (χ1) is 10.2. The Morgan fingerprint density at radius 3 is 1.29 bits per heavy atom. The van der Waals surface area contributed by atoms with Crippen LogP contribution in [0.25, 0.3) is 0 Å². The van der Waals surface area contributed by atoms with Gasteiger partial charge in [-0.3, -0.25) is 0 Å². The number of hydrogen-bond acceptors (Lipinski definition) is 5. The van der Waals surface area contributed by atoms with Gasteiger partial charge in [-0.15, -0.1) is 0 Å². The van der Waals surface area contributed by atoms with E-state index in [1.807, 2.05) is 0 Å². The van der Waals surface area contributed by atoms with E-state index >= 15 is 0 Å². The smallest absolute Gasteiger partial charge is 0.231 e. The van der Waals surface area contributed by atoms with Crippen molar-refractivity contribution in [3.63, 3.8) is 0 Å². The number of halogens is 1. The van der Waals surface area contributed by atoms with Crippen LogP contribution >= 0.6 is 11.6 Å². The minimum Gasteiger partial charge on any atom is -0.341 e. The lowest BCUT2D eigenvalue weighted by atomic mass is 10.3. The van der Waals surface area contributed by atoms with E-state index in [0.717, 1.165) is 51.9 Å². The van der Waals surface area contributed by atoms with Gasteiger partial charge in [0.2, 0.25) is 17.2 Å². The summed E-state index contributed by atoms with van der Waals surface area (Å²) < 4.78 is 0. The molecule has 0 unspecified atom stereocenters. The van der Waals surface area contributed by atoms with Crippen LogP contribution < -0.4 is 9.80 Å². The molecule has 0 atom stereocenters. The van der Waals surface area contributed by atoms with Crippen LogP contribution in [0.15, 0.2) is 0 Å². The predicted octanol–water partition coefficient (Wildman–Crippen LogP) is 3.78. The van der Waals surface area contributed by atoms with Gasteiger partial charge in [-0.2, -0.15) is 15.0 Å². The van der Waals surface area contributed by atoms with Gasteiger partial charge < -0.3 is 9.80 Å². The molecule has 1 heterocycles. The fourth-order valence-corrected chi connectivity index (χ4v) is 2.47. The Kier molecular flexibility index (Phi) is 8.35. The molecule has 0 bridgehead atoms. The van der Waals surface area contributed by atoms with Gasteiger partial charge >= 0.3 is 0 Å². The first-order valence-corrected chi connectivity index (χ1v) is 8.45. The quantitative estimate of drug-likeness (QED) is 0.658. The number of nitrogens with zero attached hydrogens (tertiary/aromatic N) is 5. The maximum atomic E-state index is 6.12. The molecule has 0 spiro atoms. The second kappa shape index (κ2) is 9.77. The fraction of sp³-hybridized carbons (Fsp3) is 0.800.